The van der Waals surface area contributed by atoms with Crippen molar-refractivity contribution in [3.8, 4) is 0 Å². The van der Waals surface area contributed by atoms with E-state index in [1.807, 2.05) is 13.8 Å². The van der Waals surface area contributed by atoms with Gasteiger partial charge in [0, 0.05) is 25.0 Å². The number of aromatic nitrogens is 1. The third-order valence-corrected chi connectivity index (χ3v) is 7.10. The van der Waals surface area contributed by atoms with Gasteiger partial charge in [0.25, 0.3) is 0 Å². The van der Waals surface area contributed by atoms with E-state index in [0.717, 1.165) is 13.8 Å². The second kappa shape index (κ2) is 10.1. The van der Waals surface area contributed by atoms with Gasteiger partial charge < -0.3 is 14.0 Å². The molecular weight excluding hydrogens is 429 g/mol. The quantitative estimate of drug-likeness (QED) is 0.480. The van der Waals surface area contributed by atoms with E-state index in [4.69, 9.17) is 14.0 Å². The highest BCUT2D eigenvalue weighted by Gasteiger charge is 2.42. The van der Waals surface area contributed by atoms with Crippen molar-refractivity contribution < 1.29 is 40.4 Å². The lowest BCUT2D eigenvalue weighted by Crippen LogP contribution is -2.45. The lowest BCUT2D eigenvalue weighted by molar-refractivity contribution is -0.134. The molecule has 0 bridgehead atoms. The minimum Gasteiger partial charge on any atom is -0.382 e. The zero-order chi connectivity index (χ0) is 23.2. The first-order chi connectivity index (χ1) is 13.6. The molecule has 1 amide bonds. The fraction of sp³-hybridized carbons (Fsp3) is 0.778. The van der Waals surface area contributed by atoms with Crippen LogP contribution in [0.3, 0.4) is 0 Å². The minimum absolute atomic E-state index is 0.0708. The Morgan fingerprint density at radius 3 is 2.40 bits per heavy atom. The number of carbonyl (C=O) groups excluding carboxylic acids is 1. The molecule has 0 spiro atoms. The van der Waals surface area contributed by atoms with E-state index in [2.05, 4.69) is 10.5 Å². The van der Waals surface area contributed by atoms with E-state index in [1.54, 1.807) is 7.11 Å². The van der Waals surface area contributed by atoms with Gasteiger partial charge >= 0.3 is 6.18 Å². The number of sulfone groups is 1. The fourth-order valence-corrected chi connectivity index (χ4v) is 3.69. The van der Waals surface area contributed by atoms with Crippen molar-refractivity contribution in [1.29, 1.82) is 0 Å². The minimum atomic E-state index is -4.46. The second-order valence-corrected chi connectivity index (χ2v) is 10.7. The summed E-state index contributed by atoms with van der Waals surface area (Å²) in [4.78, 5) is 12.5. The predicted molar refractivity (Wildman–Crippen MR) is 104 cm³/mol. The van der Waals surface area contributed by atoms with Crippen molar-refractivity contribution in [1.82, 2.24) is 5.16 Å². The van der Waals surface area contributed by atoms with Gasteiger partial charge in [-0.05, 0) is 20.3 Å². The Morgan fingerprint density at radius 1 is 1.20 bits per heavy atom. The van der Waals surface area contributed by atoms with Crippen LogP contribution in [0.2, 0.25) is 0 Å². The Bertz CT molecular complexity index is 803. The number of anilines is 1. The molecule has 174 valence electrons. The van der Waals surface area contributed by atoms with Crippen LogP contribution in [-0.4, -0.2) is 63.1 Å². The molecule has 0 atom stereocenters. The van der Waals surface area contributed by atoms with E-state index in [9.17, 15) is 26.4 Å². The van der Waals surface area contributed by atoms with Crippen LogP contribution < -0.4 is 5.32 Å². The molecule has 1 aromatic heterocycles. The van der Waals surface area contributed by atoms with Gasteiger partial charge in [0.1, 0.15) is 4.75 Å². The number of nitrogens with zero attached hydrogens (tertiary/aromatic N) is 1. The maximum absolute atomic E-state index is 12.5. The third kappa shape index (κ3) is 7.55. The molecule has 1 aromatic rings. The summed E-state index contributed by atoms with van der Waals surface area (Å²) in [5.41, 5.74) is -0.0829. The van der Waals surface area contributed by atoms with E-state index in [1.165, 1.54) is 6.07 Å². The predicted octanol–water partition coefficient (Wildman–Crippen LogP) is 3.09. The molecule has 1 N–H and O–H groups in total. The lowest BCUT2D eigenvalue weighted by Gasteiger charge is -2.23. The summed E-state index contributed by atoms with van der Waals surface area (Å²) < 4.78 is 75.2. The SMILES string of the molecule is COCCOCC(C)(C)c1cc(NC(=O)C(C)(C)S(=O)(=O)CCCC(F)(F)F)on1. The monoisotopic (exact) mass is 458 g/mol. The number of rotatable bonds is 12. The second-order valence-electron chi connectivity index (χ2n) is 8.01. The number of alkyl halides is 3. The van der Waals surface area contributed by atoms with Crippen LogP contribution in [0.15, 0.2) is 10.6 Å². The highest BCUT2D eigenvalue weighted by Crippen LogP contribution is 2.28. The number of hydrogen-bond donors (Lipinski definition) is 1. The zero-order valence-electron chi connectivity index (χ0n) is 17.8. The Labute approximate surface area is 174 Å². The van der Waals surface area contributed by atoms with Crippen LogP contribution in [0, 0.1) is 0 Å². The van der Waals surface area contributed by atoms with E-state index < -0.39 is 50.7 Å². The summed E-state index contributed by atoms with van der Waals surface area (Å²) >= 11 is 0. The first kappa shape index (κ1) is 26.4. The molecule has 0 fully saturated rings. The highest BCUT2D eigenvalue weighted by molar-refractivity contribution is 7.93. The number of amides is 1. The summed E-state index contributed by atoms with van der Waals surface area (Å²) in [6.07, 6.45) is -6.32. The topological polar surface area (TPSA) is 108 Å². The van der Waals surface area contributed by atoms with Crippen LogP contribution in [0.25, 0.3) is 0 Å². The molecule has 0 unspecified atom stereocenters. The molecule has 0 aliphatic rings. The summed E-state index contributed by atoms with van der Waals surface area (Å²) in [7, 11) is -2.59. The molecule has 0 aliphatic heterocycles. The summed E-state index contributed by atoms with van der Waals surface area (Å²) in [5.74, 6) is -1.76. The Balaban J connectivity index is 2.77. The Kier molecular flexibility index (Phi) is 8.88. The first-order valence-electron chi connectivity index (χ1n) is 9.27. The number of nitrogens with one attached hydrogen (secondary N) is 1. The average Bonchev–Trinajstić information content (AvgIpc) is 3.06. The maximum atomic E-state index is 12.5. The van der Waals surface area contributed by atoms with Gasteiger partial charge in [0.2, 0.25) is 11.8 Å². The van der Waals surface area contributed by atoms with Crippen molar-refractivity contribution in [2.75, 3.05) is 38.0 Å². The molecule has 8 nitrogen and oxygen atoms in total. The largest absolute Gasteiger partial charge is 0.389 e. The molecule has 12 heteroatoms. The maximum Gasteiger partial charge on any atom is 0.389 e. The highest BCUT2D eigenvalue weighted by atomic mass is 32.2. The fourth-order valence-electron chi connectivity index (χ4n) is 2.32. The molecule has 0 aliphatic carbocycles. The smallest absolute Gasteiger partial charge is 0.382 e. The van der Waals surface area contributed by atoms with Crippen molar-refractivity contribution in [2.24, 2.45) is 0 Å². The molecule has 1 rings (SSSR count). The zero-order valence-corrected chi connectivity index (χ0v) is 18.6. The van der Waals surface area contributed by atoms with Gasteiger partial charge in [-0.15, -0.1) is 0 Å². The molecule has 30 heavy (non-hydrogen) atoms. The number of carbonyl (C=O) groups is 1. The Hall–Kier alpha value is -1.66. The van der Waals surface area contributed by atoms with Crippen LogP contribution in [0.5, 0.6) is 0 Å². The van der Waals surface area contributed by atoms with E-state index >= 15 is 0 Å². The van der Waals surface area contributed by atoms with Crippen LogP contribution in [0.1, 0.15) is 46.2 Å². The van der Waals surface area contributed by atoms with Gasteiger partial charge in [-0.2, -0.15) is 13.2 Å². The van der Waals surface area contributed by atoms with Crippen LogP contribution in [-0.2, 0) is 29.5 Å². The first-order valence-corrected chi connectivity index (χ1v) is 10.9. The standard InChI is InChI=1S/C18H29F3N2O6S/c1-16(2,12-28-9-8-27-5)13-11-14(29-23-13)22-15(24)17(3,4)30(25,26)10-6-7-18(19,20)21/h11H,6-10,12H2,1-5H3,(H,22,24). The van der Waals surface area contributed by atoms with Crippen LogP contribution >= 0.6 is 0 Å². The van der Waals surface area contributed by atoms with Gasteiger partial charge in [0.15, 0.2) is 9.84 Å². The number of ether oxygens (including phenoxy) is 2. The molecule has 0 radical (unpaired) electrons. The molecule has 0 saturated carbocycles. The van der Waals surface area contributed by atoms with Crippen molar-refractivity contribution in [3.05, 3.63) is 11.8 Å². The van der Waals surface area contributed by atoms with Gasteiger partial charge in [-0.3, -0.25) is 10.1 Å². The third-order valence-electron chi connectivity index (χ3n) is 4.53. The summed E-state index contributed by atoms with van der Waals surface area (Å²) in [6.45, 7) is 7.09. The van der Waals surface area contributed by atoms with Crippen molar-refractivity contribution in [2.45, 2.75) is 56.9 Å². The van der Waals surface area contributed by atoms with Crippen molar-refractivity contribution >= 4 is 21.6 Å². The lowest BCUT2D eigenvalue weighted by atomic mass is 9.90. The van der Waals surface area contributed by atoms with E-state index in [0.29, 0.717) is 25.5 Å². The molecule has 0 aromatic carbocycles. The summed E-state index contributed by atoms with van der Waals surface area (Å²) in [6, 6.07) is 1.45. The average molecular weight is 458 g/mol. The number of hydrogen-bond acceptors (Lipinski definition) is 7. The molecular formula is C18H29F3N2O6S. The van der Waals surface area contributed by atoms with Gasteiger partial charge in [0.05, 0.1) is 31.3 Å². The van der Waals surface area contributed by atoms with Crippen molar-refractivity contribution in [3.63, 3.8) is 0 Å². The Morgan fingerprint density at radius 2 is 1.83 bits per heavy atom. The number of halogens is 3. The number of methoxy groups -OCH3 is 1. The molecule has 1 heterocycles. The summed E-state index contributed by atoms with van der Waals surface area (Å²) in [5, 5.41) is 6.22. The van der Waals surface area contributed by atoms with Gasteiger partial charge in [-0.1, -0.05) is 19.0 Å². The molecule has 0 saturated heterocycles. The van der Waals surface area contributed by atoms with E-state index in [-0.39, 0.29) is 5.88 Å². The van der Waals surface area contributed by atoms with Gasteiger partial charge in [-0.25, -0.2) is 8.42 Å². The normalized spacial score (nSPS) is 13.5. The van der Waals surface area contributed by atoms with Crippen LogP contribution in [0.4, 0.5) is 19.1 Å².